The van der Waals surface area contributed by atoms with Gasteiger partial charge in [0.15, 0.2) is 0 Å². The molecule has 2 aromatic carbocycles. The molecule has 150 valence electrons. The SMILES string of the molecule is CCOc1ccc(N2C[C@H](CNS(=O)(=O)c3ccc(C)cc3C)CC2=O)cc1. The predicted molar refractivity (Wildman–Crippen MR) is 109 cm³/mol. The monoisotopic (exact) mass is 402 g/mol. The molecule has 0 aromatic heterocycles. The zero-order chi connectivity index (χ0) is 20.3. The van der Waals surface area contributed by atoms with Crippen LogP contribution in [0.25, 0.3) is 0 Å². The van der Waals surface area contributed by atoms with Gasteiger partial charge in [0.05, 0.1) is 11.5 Å². The van der Waals surface area contributed by atoms with Crippen LogP contribution in [0.2, 0.25) is 0 Å². The Bertz CT molecular complexity index is 955. The Labute approximate surface area is 166 Å². The molecule has 1 fully saturated rings. The highest BCUT2D eigenvalue weighted by atomic mass is 32.2. The van der Waals surface area contributed by atoms with Gasteiger partial charge in [-0.25, -0.2) is 13.1 Å². The van der Waals surface area contributed by atoms with E-state index in [0.29, 0.717) is 25.1 Å². The highest BCUT2D eigenvalue weighted by Gasteiger charge is 2.31. The maximum absolute atomic E-state index is 12.6. The van der Waals surface area contributed by atoms with Crippen LogP contribution in [-0.4, -0.2) is 34.0 Å². The fraction of sp³-hybridized carbons (Fsp3) is 0.381. The number of carbonyl (C=O) groups is 1. The van der Waals surface area contributed by atoms with Crippen molar-refractivity contribution >= 4 is 21.6 Å². The van der Waals surface area contributed by atoms with Gasteiger partial charge in [0.1, 0.15) is 5.75 Å². The van der Waals surface area contributed by atoms with Crippen LogP contribution in [0.5, 0.6) is 5.75 Å². The minimum absolute atomic E-state index is 0.000116. The van der Waals surface area contributed by atoms with Crippen LogP contribution in [0, 0.1) is 19.8 Å². The van der Waals surface area contributed by atoms with Crippen LogP contribution in [0.1, 0.15) is 24.5 Å². The van der Waals surface area contributed by atoms with E-state index < -0.39 is 10.0 Å². The largest absolute Gasteiger partial charge is 0.494 e. The number of sulfonamides is 1. The third kappa shape index (κ3) is 4.54. The van der Waals surface area contributed by atoms with E-state index in [9.17, 15) is 13.2 Å². The summed E-state index contributed by atoms with van der Waals surface area (Å²) < 4.78 is 33.4. The number of ether oxygens (including phenoxy) is 1. The van der Waals surface area contributed by atoms with Crippen LogP contribution in [0.3, 0.4) is 0 Å². The predicted octanol–water partition coefficient (Wildman–Crippen LogP) is 3.03. The van der Waals surface area contributed by atoms with Gasteiger partial charge in [-0.15, -0.1) is 0 Å². The number of rotatable bonds is 7. The summed E-state index contributed by atoms with van der Waals surface area (Å²) in [7, 11) is -3.60. The Kier molecular flexibility index (Phi) is 6.05. The molecule has 2 aromatic rings. The summed E-state index contributed by atoms with van der Waals surface area (Å²) in [5.41, 5.74) is 2.53. The Morgan fingerprint density at radius 1 is 1.14 bits per heavy atom. The lowest BCUT2D eigenvalue weighted by Crippen LogP contribution is -2.31. The first-order chi connectivity index (χ1) is 13.3. The number of nitrogens with zero attached hydrogens (tertiary/aromatic N) is 1. The molecule has 0 unspecified atom stereocenters. The lowest BCUT2D eigenvalue weighted by molar-refractivity contribution is -0.117. The molecule has 1 N–H and O–H groups in total. The summed E-state index contributed by atoms with van der Waals surface area (Å²) in [5.74, 6) is 0.690. The molecule has 7 heteroatoms. The van der Waals surface area contributed by atoms with Crippen molar-refractivity contribution in [1.82, 2.24) is 4.72 Å². The molecule has 6 nitrogen and oxygen atoms in total. The van der Waals surface area contributed by atoms with E-state index >= 15 is 0 Å². The van der Waals surface area contributed by atoms with E-state index in [1.807, 2.05) is 44.2 Å². The van der Waals surface area contributed by atoms with Gasteiger partial charge in [-0.1, -0.05) is 17.7 Å². The average molecular weight is 403 g/mol. The number of nitrogens with one attached hydrogen (secondary N) is 1. The van der Waals surface area contributed by atoms with Gasteiger partial charge in [0.2, 0.25) is 15.9 Å². The summed E-state index contributed by atoms with van der Waals surface area (Å²) in [6.07, 6.45) is 0.322. The molecule has 0 bridgehead atoms. The molecule has 1 amide bonds. The van der Waals surface area contributed by atoms with E-state index in [4.69, 9.17) is 4.74 Å². The van der Waals surface area contributed by atoms with Crippen LogP contribution < -0.4 is 14.4 Å². The Hall–Kier alpha value is -2.38. The van der Waals surface area contributed by atoms with Crippen molar-refractivity contribution in [2.75, 3.05) is 24.6 Å². The fourth-order valence-corrected chi connectivity index (χ4v) is 4.80. The molecule has 1 aliphatic rings. The zero-order valence-corrected chi connectivity index (χ0v) is 17.3. The number of anilines is 1. The zero-order valence-electron chi connectivity index (χ0n) is 16.4. The van der Waals surface area contributed by atoms with Gasteiger partial charge >= 0.3 is 0 Å². The van der Waals surface area contributed by atoms with Gasteiger partial charge in [0, 0.05) is 25.2 Å². The molecule has 0 spiro atoms. The lowest BCUT2D eigenvalue weighted by atomic mass is 10.1. The van der Waals surface area contributed by atoms with Crippen LogP contribution in [0.4, 0.5) is 5.69 Å². The topological polar surface area (TPSA) is 75.7 Å². The Balaban J connectivity index is 1.64. The van der Waals surface area contributed by atoms with Gasteiger partial charge < -0.3 is 9.64 Å². The lowest BCUT2D eigenvalue weighted by Gasteiger charge is -2.18. The van der Waals surface area contributed by atoms with E-state index in [1.54, 1.807) is 24.0 Å². The summed E-state index contributed by atoms with van der Waals surface area (Å²) in [4.78, 5) is 14.4. The van der Waals surface area contributed by atoms with Crippen LogP contribution >= 0.6 is 0 Å². The number of carbonyl (C=O) groups excluding carboxylic acids is 1. The first kappa shape index (κ1) is 20.4. The van der Waals surface area contributed by atoms with Crippen LogP contribution in [0.15, 0.2) is 47.4 Å². The fourth-order valence-electron chi connectivity index (χ4n) is 3.46. The highest BCUT2D eigenvalue weighted by molar-refractivity contribution is 7.89. The van der Waals surface area contributed by atoms with E-state index in [2.05, 4.69) is 4.72 Å². The minimum atomic E-state index is -3.60. The van der Waals surface area contributed by atoms with Crippen molar-refractivity contribution in [2.24, 2.45) is 5.92 Å². The first-order valence-electron chi connectivity index (χ1n) is 9.40. The molecule has 1 saturated heterocycles. The molecule has 0 saturated carbocycles. The number of aryl methyl sites for hydroxylation is 2. The Morgan fingerprint density at radius 3 is 2.50 bits per heavy atom. The summed E-state index contributed by atoms with van der Waals surface area (Å²) in [6.45, 7) is 6.94. The molecular formula is C21H26N2O4S. The maximum Gasteiger partial charge on any atom is 0.240 e. The number of benzene rings is 2. The van der Waals surface area contributed by atoms with E-state index in [0.717, 1.165) is 17.0 Å². The first-order valence-corrected chi connectivity index (χ1v) is 10.9. The highest BCUT2D eigenvalue weighted by Crippen LogP contribution is 2.27. The van der Waals surface area contributed by atoms with Crippen molar-refractivity contribution in [2.45, 2.75) is 32.1 Å². The van der Waals surface area contributed by atoms with Gasteiger partial charge in [0.25, 0.3) is 0 Å². The summed E-state index contributed by atoms with van der Waals surface area (Å²) in [6, 6.07) is 12.6. The second-order valence-corrected chi connectivity index (χ2v) is 8.86. The second kappa shape index (κ2) is 8.32. The molecule has 1 aliphatic heterocycles. The van der Waals surface area contributed by atoms with Gasteiger partial charge in [-0.2, -0.15) is 0 Å². The van der Waals surface area contributed by atoms with E-state index in [-0.39, 0.29) is 23.3 Å². The molecule has 0 radical (unpaired) electrons. The number of hydrogen-bond donors (Lipinski definition) is 1. The standard InChI is InChI=1S/C21H26N2O4S/c1-4-27-19-8-6-18(7-9-19)23-14-17(12-21(23)24)13-22-28(25,26)20-10-5-15(2)11-16(20)3/h5-11,17,22H,4,12-14H2,1-3H3/t17-/m0/s1. The van der Waals surface area contributed by atoms with Crippen molar-refractivity contribution in [3.63, 3.8) is 0 Å². The van der Waals surface area contributed by atoms with Crippen molar-refractivity contribution in [3.8, 4) is 5.75 Å². The van der Waals surface area contributed by atoms with Gasteiger partial charge in [-0.3, -0.25) is 4.79 Å². The van der Waals surface area contributed by atoms with Crippen molar-refractivity contribution in [1.29, 1.82) is 0 Å². The smallest absolute Gasteiger partial charge is 0.240 e. The summed E-state index contributed by atoms with van der Waals surface area (Å²) in [5, 5.41) is 0. The number of hydrogen-bond acceptors (Lipinski definition) is 4. The van der Waals surface area contributed by atoms with Crippen molar-refractivity contribution in [3.05, 3.63) is 53.6 Å². The average Bonchev–Trinajstić information content (AvgIpc) is 3.01. The van der Waals surface area contributed by atoms with Crippen LogP contribution in [-0.2, 0) is 14.8 Å². The molecular weight excluding hydrogens is 376 g/mol. The third-order valence-electron chi connectivity index (χ3n) is 4.85. The normalized spacial score (nSPS) is 17.2. The molecule has 1 heterocycles. The Morgan fingerprint density at radius 2 is 1.86 bits per heavy atom. The third-order valence-corrected chi connectivity index (χ3v) is 6.43. The van der Waals surface area contributed by atoms with Crippen molar-refractivity contribution < 1.29 is 17.9 Å². The molecule has 3 rings (SSSR count). The molecule has 0 aliphatic carbocycles. The molecule has 1 atom stereocenters. The van der Waals surface area contributed by atoms with Gasteiger partial charge in [-0.05, 0) is 62.6 Å². The molecule has 28 heavy (non-hydrogen) atoms. The van der Waals surface area contributed by atoms with E-state index in [1.165, 1.54) is 0 Å². The maximum atomic E-state index is 12.6. The number of amides is 1. The quantitative estimate of drug-likeness (QED) is 0.772. The minimum Gasteiger partial charge on any atom is -0.494 e. The summed E-state index contributed by atoms with van der Waals surface area (Å²) >= 11 is 0. The second-order valence-electron chi connectivity index (χ2n) is 7.12.